The molecule has 14 heteroatoms. The summed E-state index contributed by atoms with van der Waals surface area (Å²) in [5.41, 5.74) is 0.469. The number of carbonyl (C=O) groups excluding carboxylic acids is 2. The van der Waals surface area contributed by atoms with Gasteiger partial charge in [0.05, 0.1) is 18.3 Å². The van der Waals surface area contributed by atoms with Crippen LogP contribution >= 0.6 is 23.2 Å². The van der Waals surface area contributed by atoms with Gasteiger partial charge < -0.3 is 15.0 Å². The van der Waals surface area contributed by atoms with Gasteiger partial charge in [-0.05, 0) is 23.8 Å². The van der Waals surface area contributed by atoms with Gasteiger partial charge >= 0.3 is 0 Å². The van der Waals surface area contributed by atoms with Gasteiger partial charge in [0.15, 0.2) is 0 Å². The Morgan fingerprint density at radius 1 is 1.05 bits per heavy atom. The van der Waals surface area contributed by atoms with Crippen molar-refractivity contribution in [3.63, 3.8) is 0 Å². The second-order valence-electron chi connectivity index (χ2n) is 8.92. The number of nitrogens with one attached hydrogen (secondary N) is 1. The zero-order valence-electron chi connectivity index (χ0n) is 22.4. The van der Waals surface area contributed by atoms with Crippen LogP contribution in [0.15, 0.2) is 66.7 Å². The van der Waals surface area contributed by atoms with E-state index in [0.29, 0.717) is 9.87 Å². The van der Waals surface area contributed by atoms with E-state index in [4.69, 9.17) is 27.9 Å². The monoisotopic (exact) mass is 622 g/mol. The summed E-state index contributed by atoms with van der Waals surface area (Å²) < 4.78 is 31.9. The van der Waals surface area contributed by atoms with Crippen molar-refractivity contribution in [2.75, 3.05) is 31.3 Å². The van der Waals surface area contributed by atoms with Crippen molar-refractivity contribution in [2.45, 2.75) is 19.0 Å². The summed E-state index contributed by atoms with van der Waals surface area (Å²) in [7, 11) is -1.51. The third-order valence-electron chi connectivity index (χ3n) is 6.23. The molecule has 1 atom stereocenters. The number of anilines is 1. The summed E-state index contributed by atoms with van der Waals surface area (Å²) in [6, 6.07) is 16.0. The fraction of sp³-hybridized carbons (Fsp3) is 0.259. The van der Waals surface area contributed by atoms with Crippen molar-refractivity contribution in [3.05, 3.63) is 98.0 Å². The number of rotatable bonds is 12. The number of nitro benzene ring substituents is 1. The smallest absolute Gasteiger partial charge is 0.271 e. The number of nitro groups is 1. The van der Waals surface area contributed by atoms with Gasteiger partial charge in [0.2, 0.25) is 21.8 Å². The Labute approximate surface area is 247 Å². The molecule has 3 aromatic rings. The van der Waals surface area contributed by atoms with Crippen molar-refractivity contribution < 1.29 is 27.7 Å². The van der Waals surface area contributed by atoms with Crippen molar-refractivity contribution in [1.29, 1.82) is 0 Å². The normalized spacial score (nSPS) is 11.8. The van der Waals surface area contributed by atoms with Crippen molar-refractivity contribution >= 4 is 56.4 Å². The Morgan fingerprint density at radius 3 is 2.22 bits per heavy atom. The van der Waals surface area contributed by atoms with Crippen LogP contribution in [-0.4, -0.2) is 63.1 Å². The Hall–Kier alpha value is -3.87. The van der Waals surface area contributed by atoms with Gasteiger partial charge in [-0.2, -0.15) is 0 Å². The molecule has 0 bridgehead atoms. The highest BCUT2D eigenvalue weighted by Gasteiger charge is 2.34. The molecule has 0 spiro atoms. The number of non-ortho nitro benzene ring substituents is 1. The lowest BCUT2D eigenvalue weighted by molar-refractivity contribution is -0.384. The first kappa shape index (κ1) is 31.7. The molecule has 1 N–H and O–H groups in total. The molecule has 11 nitrogen and oxygen atoms in total. The molecule has 2 amide bonds. The predicted octanol–water partition coefficient (Wildman–Crippen LogP) is 4.06. The molecule has 0 aromatic heterocycles. The Morgan fingerprint density at radius 2 is 1.68 bits per heavy atom. The SMILES string of the molecule is CNC(=O)[C@@H](Cc1ccccc1)N(Cc1c(Cl)cccc1Cl)C(=O)CN(c1cc([N+](=O)[O-])ccc1OC)S(C)(=O)=O. The Kier molecular flexibility index (Phi) is 10.5. The van der Waals surface area contributed by atoms with Crippen LogP contribution in [0.3, 0.4) is 0 Å². The van der Waals surface area contributed by atoms with E-state index < -0.39 is 45.0 Å². The van der Waals surface area contributed by atoms with Gasteiger partial charge in [0.25, 0.3) is 5.69 Å². The highest BCUT2D eigenvalue weighted by Crippen LogP contribution is 2.34. The number of likely N-dealkylation sites (N-methyl/N-ethyl adjacent to an activating group) is 1. The Balaban J connectivity index is 2.14. The summed E-state index contributed by atoms with van der Waals surface area (Å²) >= 11 is 12.8. The van der Waals surface area contributed by atoms with Crippen molar-refractivity contribution in [1.82, 2.24) is 10.2 Å². The fourth-order valence-corrected chi connectivity index (χ4v) is 5.52. The molecule has 0 saturated heterocycles. The van der Waals surface area contributed by atoms with E-state index in [1.165, 1.54) is 25.1 Å². The molecular weight excluding hydrogens is 595 g/mol. The van der Waals surface area contributed by atoms with Crippen LogP contribution in [0.2, 0.25) is 10.0 Å². The number of nitrogens with zero attached hydrogens (tertiary/aromatic N) is 3. The molecule has 3 aromatic carbocycles. The molecule has 3 rings (SSSR count). The van der Waals surface area contributed by atoms with Gasteiger partial charge in [-0.3, -0.25) is 24.0 Å². The number of hydrogen-bond donors (Lipinski definition) is 1. The topological polar surface area (TPSA) is 139 Å². The summed E-state index contributed by atoms with van der Waals surface area (Å²) in [6.45, 7) is -1.04. The van der Waals surface area contributed by atoms with Crippen LogP contribution in [0.25, 0.3) is 0 Å². The average Bonchev–Trinajstić information content (AvgIpc) is 2.93. The summed E-state index contributed by atoms with van der Waals surface area (Å²) in [6.07, 6.45) is 0.946. The quantitative estimate of drug-likeness (QED) is 0.237. The largest absolute Gasteiger partial charge is 0.495 e. The highest BCUT2D eigenvalue weighted by atomic mass is 35.5. The highest BCUT2D eigenvalue weighted by molar-refractivity contribution is 7.92. The first-order valence-corrected chi connectivity index (χ1v) is 14.8. The van der Waals surface area contributed by atoms with Crippen LogP contribution in [0.1, 0.15) is 11.1 Å². The van der Waals surface area contributed by atoms with E-state index >= 15 is 0 Å². The maximum atomic E-state index is 14.1. The average molecular weight is 624 g/mol. The van der Waals surface area contributed by atoms with E-state index in [2.05, 4.69) is 5.32 Å². The van der Waals surface area contributed by atoms with Gasteiger partial charge in [-0.25, -0.2) is 8.42 Å². The molecule has 41 heavy (non-hydrogen) atoms. The molecule has 0 unspecified atom stereocenters. The number of carbonyl (C=O) groups is 2. The number of benzene rings is 3. The molecule has 0 aliphatic heterocycles. The summed E-state index contributed by atoms with van der Waals surface area (Å²) in [4.78, 5) is 39.2. The van der Waals surface area contributed by atoms with Crippen LogP contribution in [0.4, 0.5) is 11.4 Å². The molecular formula is C27H28Cl2N4O7S. The van der Waals surface area contributed by atoms with Crippen LogP contribution in [-0.2, 0) is 32.6 Å². The van der Waals surface area contributed by atoms with E-state index in [1.807, 2.05) is 0 Å². The van der Waals surface area contributed by atoms with Crippen LogP contribution < -0.4 is 14.4 Å². The van der Waals surface area contributed by atoms with Gasteiger partial charge in [0.1, 0.15) is 24.0 Å². The third kappa shape index (κ3) is 7.87. The van der Waals surface area contributed by atoms with Crippen molar-refractivity contribution in [2.24, 2.45) is 0 Å². The summed E-state index contributed by atoms with van der Waals surface area (Å²) in [5.74, 6) is -1.31. The third-order valence-corrected chi connectivity index (χ3v) is 8.06. The number of amides is 2. The maximum Gasteiger partial charge on any atom is 0.271 e. The minimum atomic E-state index is -4.19. The molecule has 0 aliphatic carbocycles. The van der Waals surface area contributed by atoms with E-state index in [0.717, 1.165) is 24.0 Å². The van der Waals surface area contributed by atoms with Crippen LogP contribution in [0.5, 0.6) is 5.75 Å². The zero-order chi connectivity index (χ0) is 30.3. The van der Waals surface area contributed by atoms with Crippen molar-refractivity contribution in [3.8, 4) is 5.75 Å². The molecule has 0 heterocycles. The van der Waals surface area contributed by atoms with E-state index in [1.54, 1.807) is 48.5 Å². The maximum absolute atomic E-state index is 14.1. The van der Waals surface area contributed by atoms with Gasteiger partial charge in [-0.15, -0.1) is 0 Å². The first-order chi connectivity index (χ1) is 19.4. The Bertz CT molecular complexity index is 1520. The number of sulfonamides is 1. The summed E-state index contributed by atoms with van der Waals surface area (Å²) in [5, 5.41) is 14.5. The lowest BCUT2D eigenvalue weighted by Crippen LogP contribution is -2.53. The van der Waals surface area contributed by atoms with Crippen LogP contribution in [0, 0.1) is 10.1 Å². The lowest BCUT2D eigenvalue weighted by atomic mass is 10.0. The number of ether oxygens (including phenoxy) is 1. The van der Waals surface area contributed by atoms with E-state index in [-0.39, 0.29) is 34.4 Å². The lowest BCUT2D eigenvalue weighted by Gasteiger charge is -2.33. The molecule has 218 valence electrons. The number of methoxy groups -OCH3 is 1. The zero-order valence-corrected chi connectivity index (χ0v) is 24.7. The van der Waals surface area contributed by atoms with E-state index in [9.17, 15) is 28.1 Å². The second-order valence-corrected chi connectivity index (χ2v) is 11.6. The molecule has 0 saturated carbocycles. The molecule has 0 fully saturated rings. The van der Waals surface area contributed by atoms with Gasteiger partial charge in [0, 0.05) is 47.8 Å². The number of halogens is 2. The number of hydrogen-bond acceptors (Lipinski definition) is 7. The predicted molar refractivity (Wildman–Crippen MR) is 157 cm³/mol. The molecule has 0 radical (unpaired) electrons. The minimum Gasteiger partial charge on any atom is -0.495 e. The standard InChI is InChI=1S/C27H28Cl2N4O7S/c1-30-27(35)24(14-18-8-5-4-6-9-18)31(16-20-21(28)10-7-11-22(20)29)26(34)17-32(41(3,38)39)23-15-19(33(36)37)12-13-25(23)40-2/h4-13,15,24H,14,16-17H2,1-3H3,(H,30,35)/t24-/m1/s1. The second kappa shape index (κ2) is 13.7. The fourth-order valence-electron chi connectivity index (χ4n) is 4.16. The molecule has 0 aliphatic rings. The first-order valence-electron chi connectivity index (χ1n) is 12.1. The van der Waals surface area contributed by atoms with Gasteiger partial charge in [-0.1, -0.05) is 59.6 Å². The minimum absolute atomic E-state index is 0.0124.